The first-order valence-corrected chi connectivity index (χ1v) is 7.03. The van der Waals surface area contributed by atoms with Gasteiger partial charge in [0.25, 0.3) is 5.91 Å². The quantitative estimate of drug-likeness (QED) is 0.871. The molecule has 3 nitrogen and oxygen atoms in total. The van der Waals surface area contributed by atoms with Crippen LogP contribution in [0, 0.1) is 0 Å². The SMILES string of the molecule is CCc1ccccc1CNC(=O)c1cnc(Cl)c(Cl)c1. The van der Waals surface area contributed by atoms with Crippen molar-refractivity contribution in [3.8, 4) is 0 Å². The van der Waals surface area contributed by atoms with Gasteiger partial charge in [0.1, 0.15) is 5.15 Å². The minimum Gasteiger partial charge on any atom is -0.348 e. The molecule has 1 aromatic carbocycles. The van der Waals surface area contributed by atoms with Gasteiger partial charge in [-0.05, 0) is 23.6 Å². The molecule has 0 unspecified atom stereocenters. The van der Waals surface area contributed by atoms with Gasteiger partial charge in [0, 0.05) is 12.7 Å². The number of nitrogens with one attached hydrogen (secondary N) is 1. The number of hydrogen-bond donors (Lipinski definition) is 1. The topological polar surface area (TPSA) is 42.0 Å². The van der Waals surface area contributed by atoms with Crippen molar-refractivity contribution in [3.63, 3.8) is 0 Å². The molecule has 0 saturated heterocycles. The zero-order chi connectivity index (χ0) is 14.5. The highest BCUT2D eigenvalue weighted by molar-refractivity contribution is 6.41. The van der Waals surface area contributed by atoms with Crippen LogP contribution in [0.25, 0.3) is 0 Å². The Hall–Kier alpha value is -1.58. The standard InChI is InChI=1S/C15H14Cl2N2O/c1-2-10-5-3-4-6-11(10)8-19-15(20)12-7-13(16)14(17)18-9-12/h3-7,9H,2,8H2,1H3,(H,19,20). The fraction of sp³-hybridized carbons (Fsp3) is 0.200. The normalized spacial score (nSPS) is 10.3. The smallest absolute Gasteiger partial charge is 0.253 e. The highest BCUT2D eigenvalue weighted by atomic mass is 35.5. The van der Waals surface area contributed by atoms with Crippen LogP contribution in [0.2, 0.25) is 10.2 Å². The van der Waals surface area contributed by atoms with Crippen LogP contribution in [0.4, 0.5) is 0 Å². The molecular weight excluding hydrogens is 295 g/mol. The van der Waals surface area contributed by atoms with Gasteiger partial charge in [0.05, 0.1) is 10.6 Å². The summed E-state index contributed by atoms with van der Waals surface area (Å²) in [6, 6.07) is 9.53. The van der Waals surface area contributed by atoms with E-state index in [1.54, 1.807) is 0 Å². The summed E-state index contributed by atoms with van der Waals surface area (Å²) in [7, 11) is 0. The molecule has 1 amide bonds. The minimum atomic E-state index is -0.220. The third-order valence-electron chi connectivity index (χ3n) is 3.00. The van der Waals surface area contributed by atoms with E-state index in [2.05, 4.69) is 23.3 Å². The zero-order valence-corrected chi connectivity index (χ0v) is 12.5. The Labute approximate surface area is 127 Å². The summed E-state index contributed by atoms with van der Waals surface area (Å²) >= 11 is 11.6. The summed E-state index contributed by atoms with van der Waals surface area (Å²) in [6.45, 7) is 2.56. The predicted octanol–water partition coefficient (Wildman–Crippen LogP) is 3.88. The first kappa shape index (κ1) is 14.8. The van der Waals surface area contributed by atoms with Crippen molar-refractivity contribution in [3.05, 3.63) is 63.4 Å². The molecule has 0 spiro atoms. The van der Waals surface area contributed by atoms with Crippen LogP contribution in [0.3, 0.4) is 0 Å². The van der Waals surface area contributed by atoms with Gasteiger partial charge in [-0.25, -0.2) is 4.98 Å². The number of pyridine rings is 1. The van der Waals surface area contributed by atoms with E-state index >= 15 is 0 Å². The maximum Gasteiger partial charge on any atom is 0.253 e. The van der Waals surface area contributed by atoms with Crippen LogP contribution in [-0.2, 0) is 13.0 Å². The number of amides is 1. The molecule has 104 valence electrons. The Bertz CT molecular complexity index is 629. The van der Waals surface area contributed by atoms with Crippen LogP contribution in [0.15, 0.2) is 36.5 Å². The molecule has 1 heterocycles. The fourth-order valence-electron chi connectivity index (χ4n) is 1.90. The summed E-state index contributed by atoms with van der Waals surface area (Å²) in [6.07, 6.45) is 2.34. The molecule has 0 aliphatic heterocycles. The molecule has 0 aliphatic rings. The number of aromatic nitrogens is 1. The number of rotatable bonds is 4. The lowest BCUT2D eigenvalue weighted by molar-refractivity contribution is 0.0950. The van der Waals surface area contributed by atoms with Crippen molar-refractivity contribution in [2.24, 2.45) is 0 Å². The molecule has 2 aromatic rings. The van der Waals surface area contributed by atoms with E-state index in [-0.39, 0.29) is 16.1 Å². The second-order valence-corrected chi connectivity index (χ2v) is 5.07. The number of benzene rings is 1. The number of hydrogen-bond acceptors (Lipinski definition) is 2. The van der Waals surface area contributed by atoms with Gasteiger partial charge in [-0.3, -0.25) is 4.79 Å². The van der Waals surface area contributed by atoms with E-state index in [0.29, 0.717) is 12.1 Å². The van der Waals surface area contributed by atoms with Gasteiger partial charge in [0.15, 0.2) is 0 Å². The summed E-state index contributed by atoms with van der Waals surface area (Å²) in [4.78, 5) is 15.9. The number of carbonyl (C=O) groups excluding carboxylic acids is 1. The van der Waals surface area contributed by atoms with E-state index in [4.69, 9.17) is 23.2 Å². The molecule has 20 heavy (non-hydrogen) atoms. The maximum absolute atomic E-state index is 12.0. The summed E-state index contributed by atoms with van der Waals surface area (Å²) < 4.78 is 0. The molecule has 1 aromatic heterocycles. The second kappa shape index (κ2) is 6.73. The highest BCUT2D eigenvalue weighted by Crippen LogP contribution is 2.19. The predicted molar refractivity (Wildman–Crippen MR) is 81.2 cm³/mol. The molecule has 0 fully saturated rings. The molecule has 0 atom stereocenters. The zero-order valence-electron chi connectivity index (χ0n) is 11.0. The number of halogens is 2. The molecular formula is C15H14Cl2N2O. The summed E-state index contributed by atoms with van der Waals surface area (Å²) in [5.41, 5.74) is 2.73. The van der Waals surface area contributed by atoms with E-state index < -0.39 is 0 Å². The Balaban J connectivity index is 2.06. The lowest BCUT2D eigenvalue weighted by Gasteiger charge is -2.09. The van der Waals surface area contributed by atoms with E-state index in [0.717, 1.165) is 12.0 Å². The van der Waals surface area contributed by atoms with Crippen LogP contribution in [0.1, 0.15) is 28.4 Å². The molecule has 0 saturated carbocycles. The van der Waals surface area contributed by atoms with E-state index in [1.807, 2.05) is 18.2 Å². The van der Waals surface area contributed by atoms with Gasteiger partial charge >= 0.3 is 0 Å². The third-order valence-corrected chi connectivity index (χ3v) is 3.68. The van der Waals surface area contributed by atoms with Crippen molar-refractivity contribution in [2.75, 3.05) is 0 Å². The molecule has 0 radical (unpaired) electrons. The Morgan fingerprint density at radius 1 is 1.25 bits per heavy atom. The van der Waals surface area contributed by atoms with Crippen LogP contribution in [0.5, 0.6) is 0 Å². The van der Waals surface area contributed by atoms with Crippen molar-refractivity contribution in [2.45, 2.75) is 19.9 Å². The summed E-state index contributed by atoms with van der Waals surface area (Å²) in [5, 5.41) is 3.32. The Morgan fingerprint density at radius 3 is 2.60 bits per heavy atom. The molecule has 0 aliphatic carbocycles. The highest BCUT2D eigenvalue weighted by Gasteiger charge is 2.09. The van der Waals surface area contributed by atoms with Gasteiger partial charge in [-0.2, -0.15) is 0 Å². The second-order valence-electron chi connectivity index (χ2n) is 4.30. The summed E-state index contributed by atoms with van der Waals surface area (Å²) in [5.74, 6) is -0.220. The van der Waals surface area contributed by atoms with Crippen LogP contribution < -0.4 is 5.32 Å². The first-order valence-electron chi connectivity index (χ1n) is 6.28. The number of aryl methyl sites for hydroxylation is 1. The van der Waals surface area contributed by atoms with Crippen molar-refractivity contribution < 1.29 is 4.79 Å². The van der Waals surface area contributed by atoms with Gasteiger partial charge in [-0.1, -0.05) is 54.4 Å². The Kier molecular flexibility index (Phi) is 4.99. The number of carbonyl (C=O) groups is 1. The van der Waals surface area contributed by atoms with Gasteiger partial charge < -0.3 is 5.32 Å². The van der Waals surface area contributed by atoms with Crippen molar-refractivity contribution >= 4 is 29.1 Å². The first-order chi connectivity index (χ1) is 9.61. The molecule has 0 bridgehead atoms. The van der Waals surface area contributed by atoms with Crippen molar-refractivity contribution in [1.82, 2.24) is 10.3 Å². The number of nitrogens with zero attached hydrogens (tertiary/aromatic N) is 1. The van der Waals surface area contributed by atoms with Gasteiger partial charge in [-0.15, -0.1) is 0 Å². The lowest BCUT2D eigenvalue weighted by Crippen LogP contribution is -2.23. The minimum absolute atomic E-state index is 0.194. The molecule has 2 rings (SSSR count). The van der Waals surface area contributed by atoms with E-state index in [9.17, 15) is 4.79 Å². The largest absolute Gasteiger partial charge is 0.348 e. The fourth-order valence-corrected chi connectivity index (χ4v) is 2.17. The van der Waals surface area contributed by atoms with Crippen LogP contribution in [-0.4, -0.2) is 10.9 Å². The molecule has 5 heteroatoms. The maximum atomic E-state index is 12.0. The third kappa shape index (κ3) is 3.50. The average Bonchev–Trinajstić information content (AvgIpc) is 2.47. The van der Waals surface area contributed by atoms with Gasteiger partial charge in [0.2, 0.25) is 0 Å². The van der Waals surface area contributed by atoms with Crippen LogP contribution >= 0.6 is 23.2 Å². The van der Waals surface area contributed by atoms with E-state index in [1.165, 1.54) is 17.8 Å². The Morgan fingerprint density at radius 2 is 1.95 bits per heavy atom. The lowest BCUT2D eigenvalue weighted by atomic mass is 10.1. The van der Waals surface area contributed by atoms with Crippen molar-refractivity contribution in [1.29, 1.82) is 0 Å². The molecule has 1 N–H and O–H groups in total. The monoisotopic (exact) mass is 308 g/mol. The average molecular weight is 309 g/mol.